The molecule has 0 aromatic carbocycles. The highest BCUT2D eigenvalue weighted by Crippen LogP contribution is 2.43. The standard InChI is InChI=1S/C15H22O/c1-9(2)13-8-15(16)11(4)12-6-5-10(3)7-14(12)13/h7,9,13-14H,5-6,8H2,1-4H3/t13-,14+/m0/s1. The second kappa shape index (κ2) is 4.20. The maximum atomic E-state index is 12.0. The molecule has 0 amide bonds. The molecule has 88 valence electrons. The average Bonchev–Trinajstić information content (AvgIpc) is 2.22. The van der Waals surface area contributed by atoms with E-state index in [2.05, 4.69) is 26.8 Å². The molecule has 0 aromatic rings. The Kier molecular flexibility index (Phi) is 3.05. The smallest absolute Gasteiger partial charge is 0.158 e. The summed E-state index contributed by atoms with van der Waals surface area (Å²) < 4.78 is 0. The van der Waals surface area contributed by atoms with Crippen molar-refractivity contribution in [2.45, 2.75) is 47.0 Å². The lowest BCUT2D eigenvalue weighted by atomic mass is 9.66. The first kappa shape index (κ1) is 11.6. The first-order chi connectivity index (χ1) is 7.50. The number of carbonyl (C=O) groups is 1. The van der Waals surface area contributed by atoms with E-state index in [9.17, 15) is 4.79 Å². The molecule has 2 atom stereocenters. The maximum Gasteiger partial charge on any atom is 0.158 e. The molecule has 0 aliphatic heterocycles. The average molecular weight is 218 g/mol. The van der Waals surface area contributed by atoms with E-state index in [1.165, 1.54) is 11.1 Å². The van der Waals surface area contributed by atoms with Crippen LogP contribution in [0.15, 0.2) is 22.8 Å². The third-order valence-electron chi connectivity index (χ3n) is 4.29. The zero-order chi connectivity index (χ0) is 11.9. The number of fused-ring (bicyclic) bond motifs is 1. The van der Waals surface area contributed by atoms with E-state index in [-0.39, 0.29) is 0 Å². The van der Waals surface area contributed by atoms with Crippen molar-refractivity contribution in [1.82, 2.24) is 0 Å². The fraction of sp³-hybridized carbons (Fsp3) is 0.667. The number of hydrogen-bond acceptors (Lipinski definition) is 1. The lowest BCUT2D eigenvalue weighted by Crippen LogP contribution is -2.31. The summed E-state index contributed by atoms with van der Waals surface area (Å²) in [6.07, 6.45) is 5.41. The predicted molar refractivity (Wildman–Crippen MR) is 67.1 cm³/mol. The lowest BCUT2D eigenvalue weighted by molar-refractivity contribution is -0.117. The molecular weight excluding hydrogens is 196 g/mol. The van der Waals surface area contributed by atoms with Crippen molar-refractivity contribution in [2.75, 3.05) is 0 Å². The predicted octanol–water partition coefficient (Wildman–Crippen LogP) is 3.90. The van der Waals surface area contributed by atoms with Crippen molar-refractivity contribution in [3.05, 3.63) is 22.8 Å². The van der Waals surface area contributed by atoms with Crippen LogP contribution in [0.5, 0.6) is 0 Å². The topological polar surface area (TPSA) is 17.1 Å². The second-order valence-corrected chi connectivity index (χ2v) is 5.72. The van der Waals surface area contributed by atoms with Crippen LogP contribution in [0.25, 0.3) is 0 Å². The zero-order valence-electron chi connectivity index (χ0n) is 10.8. The van der Waals surface area contributed by atoms with Crippen molar-refractivity contribution in [3.63, 3.8) is 0 Å². The van der Waals surface area contributed by atoms with Crippen LogP contribution in [0.3, 0.4) is 0 Å². The largest absolute Gasteiger partial charge is 0.295 e. The van der Waals surface area contributed by atoms with Crippen LogP contribution in [0, 0.1) is 17.8 Å². The molecule has 16 heavy (non-hydrogen) atoms. The van der Waals surface area contributed by atoms with E-state index in [1.54, 1.807) is 0 Å². The summed E-state index contributed by atoms with van der Waals surface area (Å²) in [7, 11) is 0. The molecule has 0 saturated heterocycles. The molecule has 0 unspecified atom stereocenters. The summed E-state index contributed by atoms with van der Waals surface area (Å²) >= 11 is 0. The maximum absolute atomic E-state index is 12.0. The Morgan fingerprint density at radius 2 is 1.94 bits per heavy atom. The SMILES string of the molecule is CC1=C[C@@H]2C(=C(C)C(=O)C[C@H]2C(C)C)CC1. The van der Waals surface area contributed by atoms with Crippen molar-refractivity contribution >= 4 is 5.78 Å². The Morgan fingerprint density at radius 3 is 2.56 bits per heavy atom. The summed E-state index contributed by atoms with van der Waals surface area (Å²) in [6.45, 7) is 8.73. The highest BCUT2D eigenvalue weighted by atomic mass is 16.1. The third-order valence-corrected chi connectivity index (χ3v) is 4.29. The van der Waals surface area contributed by atoms with Crippen LogP contribution in [0.4, 0.5) is 0 Å². The van der Waals surface area contributed by atoms with Crippen molar-refractivity contribution in [2.24, 2.45) is 17.8 Å². The van der Waals surface area contributed by atoms with Crippen molar-refractivity contribution < 1.29 is 4.79 Å². The van der Waals surface area contributed by atoms with E-state index in [4.69, 9.17) is 0 Å². The first-order valence-electron chi connectivity index (χ1n) is 6.41. The molecule has 0 spiro atoms. The fourth-order valence-electron chi connectivity index (χ4n) is 3.13. The minimum absolute atomic E-state index is 0.387. The molecule has 0 N–H and O–H groups in total. The van der Waals surface area contributed by atoms with Gasteiger partial charge in [-0.05, 0) is 44.1 Å². The summed E-state index contributed by atoms with van der Waals surface area (Å²) in [5, 5.41) is 0. The highest BCUT2D eigenvalue weighted by Gasteiger charge is 2.35. The van der Waals surface area contributed by atoms with Crippen LogP contribution in [-0.4, -0.2) is 5.78 Å². The number of ketones is 1. The van der Waals surface area contributed by atoms with E-state index >= 15 is 0 Å². The Hall–Kier alpha value is -0.850. The minimum atomic E-state index is 0.387. The zero-order valence-corrected chi connectivity index (χ0v) is 10.8. The van der Waals surface area contributed by atoms with E-state index in [0.29, 0.717) is 23.5 Å². The van der Waals surface area contributed by atoms with Gasteiger partial charge in [0, 0.05) is 12.3 Å². The molecule has 2 rings (SSSR count). The van der Waals surface area contributed by atoms with Gasteiger partial charge in [0.05, 0.1) is 0 Å². The summed E-state index contributed by atoms with van der Waals surface area (Å²) in [6, 6.07) is 0. The third kappa shape index (κ3) is 1.88. The number of allylic oxidation sites excluding steroid dienone is 4. The van der Waals surface area contributed by atoms with Gasteiger partial charge in [-0.3, -0.25) is 4.79 Å². The number of carbonyl (C=O) groups excluding carboxylic acids is 1. The molecule has 0 radical (unpaired) electrons. The van der Waals surface area contributed by atoms with Gasteiger partial charge in [0.15, 0.2) is 5.78 Å². The molecule has 2 aliphatic carbocycles. The monoisotopic (exact) mass is 218 g/mol. The first-order valence-corrected chi connectivity index (χ1v) is 6.41. The van der Waals surface area contributed by atoms with Gasteiger partial charge < -0.3 is 0 Å². The summed E-state index contributed by atoms with van der Waals surface area (Å²) in [5.41, 5.74) is 3.99. The van der Waals surface area contributed by atoms with Gasteiger partial charge >= 0.3 is 0 Å². The quantitative estimate of drug-likeness (QED) is 0.610. The van der Waals surface area contributed by atoms with Crippen LogP contribution < -0.4 is 0 Å². The Morgan fingerprint density at radius 1 is 1.25 bits per heavy atom. The van der Waals surface area contributed by atoms with Crippen LogP contribution in [0.2, 0.25) is 0 Å². The van der Waals surface area contributed by atoms with Crippen LogP contribution in [-0.2, 0) is 4.79 Å². The molecule has 1 heteroatoms. The fourth-order valence-corrected chi connectivity index (χ4v) is 3.13. The molecular formula is C15H22O. The Balaban J connectivity index is 2.42. The molecule has 1 nitrogen and oxygen atoms in total. The van der Waals surface area contributed by atoms with Gasteiger partial charge in [-0.25, -0.2) is 0 Å². The van der Waals surface area contributed by atoms with Crippen molar-refractivity contribution in [1.29, 1.82) is 0 Å². The molecule has 0 saturated carbocycles. The summed E-state index contributed by atoms with van der Waals surface area (Å²) in [4.78, 5) is 12.0. The number of Topliss-reactive ketones (excluding diaryl/α,β-unsaturated/α-hetero) is 1. The molecule has 0 heterocycles. The van der Waals surface area contributed by atoms with E-state index in [0.717, 1.165) is 24.8 Å². The minimum Gasteiger partial charge on any atom is -0.295 e. The number of hydrogen-bond donors (Lipinski definition) is 0. The van der Waals surface area contributed by atoms with Gasteiger partial charge in [-0.15, -0.1) is 0 Å². The van der Waals surface area contributed by atoms with Crippen LogP contribution in [0.1, 0.15) is 47.0 Å². The highest BCUT2D eigenvalue weighted by molar-refractivity contribution is 5.97. The Bertz CT molecular complexity index is 371. The van der Waals surface area contributed by atoms with Gasteiger partial charge in [0.25, 0.3) is 0 Å². The second-order valence-electron chi connectivity index (χ2n) is 5.72. The molecule has 0 aromatic heterocycles. The molecule has 2 aliphatic rings. The Labute approximate surface area is 98.6 Å². The van der Waals surface area contributed by atoms with Gasteiger partial charge in [-0.1, -0.05) is 31.1 Å². The van der Waals surface area contributed by atoms with Gasteiger partial charge in [0.2, 0.25) is 0 Å². The molecule has 0 bridgehead atoms. The van der Waals surface area contributed by atoms with E-state index < -0.39 is 0 Å². The van der Waals surface area contributed by atoms with E-state index in [1.807, 2.05) is 6.92 Å². The number of rotatable bonds is 1. The van der Waals surface area contributed by atoms with Crippen LogP contribution >= 0.6 is 0 Å². The van der Waals surface area contributed by atoms with Gasteiger partial charge in [-0.2, -0.15) is 0 Å². The van der Waals surface area contributed by atoms with Gasteiger partial charge in [0.1, 0.15) is 0 Å². The molecule has 0 fully saturated rings. The normalized spacial score (nSPS) is 30.6. The van der Waals surface area contributed by atoms with Crippen molar-refractivity contribution in [3.8, 4) is 0 Å². The summed E-state index contributed by atoms with van der Waals surface area (Å²) in [5.74, 6) is 2.06. The lowest BCUT2D eigenvalue weighted by Gasteiger charge is -2.37.